The third-order valence-electron chi connectivity index (χ3n) is 2.77. The van der Waals surface area contributed by atoms with Gasteiger partial charge < -0.3 is 15.8 Å². The molecule has 0 aliphatic rings. The number of hydrogen-bond donors (Lipinski definition) is 2. The van der Waals surface area contributed by atoms with Crippen molar-refractivity contribution < 1.29 is 4.74 Å². The molecule has 2 rings (SSSR count). The minimum absolute atomic E-state index is 0.678. The summed E-state index contributed by atoms with van der Waals surface area (Å²) < 4.78 is 5.40. The van der Waals surface area contributed by atoms with Crippen molar-refractivity contribution in [3.05, 3.63) is 48.0 Å². The second-order valence-electron chi connectivity index (χ2n) is 4.12. The van der Waals surface area contributed by atoms with Gasteiger partial charge in [0.2, 0.25) is 0 Å². The van der Waals surface area contributed by atoms with Crippen molar-refractivity contribution in [1.29, 1.82) is 0 Å². The Morgan fingerprint density at radius 1 is 1.11 bits per heavy atom. The lowest BCUT2D eigenvalue weighted by atomic mass is 10.1. The van der Waals surface area contributed by atoms with Crippen LogP contribution in [0.1, 0.15) is 12.5 Å². The van der Waals surface area contributed by atoms with Gasteiger partial charge in [0.25, 0.3) is 0 Å². The van der Waals surface area contributed by atoms with Gasteiger partial charge >= 0.3 is 0 Å². The molecule has 0 unspecified atom stereocenters. The zero-order valence-corrected chi connectivity index (χ0v) is 10.7. The Balaban J connectivity index is 2.16. The molecule has 18 heavy (non-hydrogen) atoms. The average Bonchev–Trinajstić information content (AvgIpc) is 2.38. The van der Waals surface area contributed by atoms with E-state index in [0.29, 0.717) is 6.61 Å². The number of rotatable bonds is 4. The second kappa shape index (κ2) is 5.45. The molecule has 0 saturated heterocycles. The van der Waals surface area contributed by atoms with E-state index >= 15 is 0 Å². The van der Waals surface area contributed by atoms with Gasteiger partial charge in [0.15, 0.2) is 0 Å². The predicted octanol–water partition coefficient (Wildman–Crippen LogP) is 3.72. The maximum atomic E-state index is 6.02. The summed E-state index contributed by atoms with van der Waals surface area (Å²) in [6.45, 7) is 4.65. The number of ether oxygens (including phenoxy) is 1. The first-order valence-electron chi connectivity index (χ1n) is 6.05. The van der Waals surface area contributed by atoms with Gasteiger partial charge in [-0.1, -0.05) is 12.1 Å². The minimum atomic E-state index is 0.678. The fourth-order valence-corrected chi connectivity index (χ4v) is 1.75. The largest absolute Gasteiger partial charge is 0.494 e. The summed E-state index contributed by atoms with van der Waals surface area (Å²) in [6.07, 6.45) is 0. The van der Waals surface area contributed by atoms with Crippen molar-refractivity contribution in [3.63, 3.8) is 0 Å². The Labute approximate surface area is 108 Å². The molecule has 0 radical (unpaired) electrons. The molecule has 3 heteroatoms. The van der Waals surface area contributed by atoms with Crippen LogP contribution in [0, 0.1) is 6.92 Å². The smallest absolute Gasteiger partial charge is 0.119 e. The summed E-state index contributed by atoms with van der Waals surface area (Å²) in [5, 5.41) is 3.30. The molecule has 0 atom stereocenters. The monoisotopic (exact) mass is 242 g/mol. The summed E-state index contributed by atoms with van der Waals surface area (Å²) >= 11 is 0. The highest BCUT2D eigenvalue weighted by molar-refractivity contribution is 5.75. The Morgan fingerprint density at radius 2 is 1.83 bits per heavy atom. The first-order chi connectivity index (χ1) is 8.70. The molecule has 0 aliphatic heterocycles. The van der Waals surface area contributed by atoms with Crippen LogP contribution in [0.2, 0.25) is 0 Å². The molecule has 2 aromatic carbocycles. The van der Waals surface area contributed by atoms with E-state index in [-0.39, 0.29) is 0 Å². The second-order valence-corrected chi connectivity index (χ2v) is 4.12. The van der Waals surface area contributed by atoms with Gasteiger partial charge in [-0.15, -0.1) is 0 Å². The zero-order chi connectivity index (χ0) is 13.0. The number of benzene rings is 2. The number of para-hydroxylation sites is 1. The number of nitrogens with two attached hydrogens (primary N) is 1. The maximum Gasteiger partial charge on any atom is 0.119 e. The van der Waals surface area contributed by atoms with Crippen LogP contribution < -0.4 is 15.8 Å². The van der Waals surface area contributed by atoms with Crippen LogP contribution >= 0.6 is 0 Å². The van der Waals surface area contributed by atoms with Crippen LogP contribution in [0.4, 0.5) is 17.1 Å². The van der Waals surface area contributed by atoms with Crippen molar-refractivity contribution in [3.8, 4) is 5.75 Å². The first kappa shape index (κ1) is 12.3. The van der Waals surface area contributed by atoms with Gasteiger partial charge in [0.1, 0.15) is 5.75 Å². The lowest BCUT2D eigenvalue weighted by molar-refractivity contribution is 0.340. The standard InChI is InChI=1S/C15H18N2O/c1-3-18-13-9-7-12(8-10-13)17-14-6-4-5-11(2)15(14)16/h4-10,17H,3,16H2,1-2H3. The molecule has 0 fully saturated rings. The number of aryl methyl sites for hydroxylation is 1. The summed E-state index contributed by atoms with van der Waals surface area (Å²) in [5.74, 6) is 0.875. The highest BCUT2D eigenvalue weighted by atomic mass is 16.5. The van der Waals surface area contributed by atoms with E-state index in [9.17, 15) is 0 Å². The van der Waals surface area contributed by atoms with E-state index in [4.69, 9.17) is 10.5 Å². The van der Waals surface area contributed by atoms with E-state index in [0.717, 1.165) is 28.4 Å². The maximum absolute atomic E-state index is 6.02. The average molecular weight is 242 g/mol. The Hall–Kier alpha value is -2.16. The number of hydrogen-bond acceptors (Lipinski definition) is 3. The molecular formula is C15H18N2O. The lowest BCUT2D eigenvalue weighted by Crippen LogP contribution is -1.98. The van der Waals surface area contributed by atoms with Crippen molar-refractivity contribution in [1.82, 2.24) is 0 Å². The SMILES string of the molecule is CCOc1ccc(Nc2cccc(C)c2N)cc1. The highest BCUT2D eigenvalue weighted by Gasteiger charge is 2.02. The van der Waals surface area contributed by atoms with E-state index in [1.165, 1.54) is 0 Å². The molecule has 0 amide bonds. The Bertz CT molecular complexity index is 521. The molecular weight excluding hydrogens is 224 g/mol. The van der Waals surface area contributed by atoms with Crippen molar-refractivity contribution in [2.24, 2.45) is 0 Å². The minimum Gasteiger partial charge on any atom is -0.494 e. The fraction of sp³-hybridized carbons (Fsp3) is 0.200. The van der Waals surface area contributed by atoms with Crippen LogP contribution in [0.15, 0.2) is 42.5 Å². The molecule has 3 nitrogen and oxygen atoms in total. The number of anilines is 3. The van der Waals surface area contributed by atoms with E-state index in [1.807, 2.05) is 56.3 Å². The van der Waals surface area contributed by atoms with Crippen molar-refractivity contribution >= 4 is 17.1 Å². The van der Waals surface area contributed by atoms with Crippen LogP contribution in [0.25, 0.3) is 0 Å². The Morgan fingerprint density at radius 3 is 2.50 bits per heavy atom. The highest BCUT2D eigenvalue weighted by Crippen LogP contribution is 2.26. The molecule has 0 aliphatic carbocycles. The van der Waals surface area contributed by atoms with Crippen LogP contribution in [0.3, 0.4) is 0 Å². The Kier molecular flexibility index (Phi) is 3.72. The van der Waals surface area contributed by atoms with Crippen molar-refractivity contribution in [2.45, 2.75) is 13.8 Å². The molecule has 3 N–H and O–H groups in total. The third kappa shape index (κ3) is 2.74. The molecule has 0 saturated carbocycles. The quantitative estimate of drug-likeness (QED) is 0.803. The summed E-state index contributed by atoms with van der Waals surface area (Å²) in [5.41, 5.74) is 9.81. The molecule has 0 heterocycles. The van der Waals surface area contributed by atoms with Gasteiger partial charge in [0, 0.05) is 5.69 Å². The number of nitrogens with one attached hydrogen (secondary N) is 1. The van der Waals surface area contributed by atoms with Crippen LogP contribution in [0.5, 0.6) is 5.75 Å². The van der Waals surface area contributed by atoms with E-state index in [1.54, 1.807) is 0 Å². The van der Waals surface area contributed by atoms with Gasteiger partial charge in [-0.3, -0.25) is 0 Å². The van der Waals surface area contributed by atoms with Crippen LogP contribution in [-0.4, -0.2) is 6.61 Å². The first-order valence-corrected chi connectivity index (χ1v) is 6.05. The summed E-state index contributed by atoms with van der Waals surface area (Å²) in [4.78, 5) is 0. The van der Waals surface area contributed by atoms with Crippen LogP contribution in [-0.2, 0) is 0 Å². The van der Waals surface area contributed by atoms with Crippen molar-refractivity contribution in [2.75, 3.05) is 17.7 Å². The molecule has 0 bridgehead atoms. The van der Waals surface area contributed by atoms with E-state index < -0.39 is 0 Å². The van der Waals surface area contributed by atoms with Gasteiger partial charge in [0.05, 0.1) is 18.0 Å². The molecule has 2 aromatic rings. The summed E-state index contributed by atoms with van der Waals surface area (Å²) in [6, 6.07) is 13.8. The lowest BCUT2D eigenvalue weighted by Gasteiger charge is -2.11. The van der Waals surface area contributed by atoms with E-state index in [2.05, 4.69) is 5.32 Å². The third-order valence-corrected chi connectivity index (χ3v) is 2.77. The molecule has 0 aromatic heterocycles. The number of nitrogen functional groups attached to an aromatic ring is 1. The summed E-state index contributed by atoms with van der Waals surface area (Å²) in [7, 11) is 0. The van der Waals surface area contributed by atoms with Gasteiger partial charge in [-0.2, -0.15) is 0 Å². The zero-order valence-electron chi connectivity index (χ0n) is 10.7. The predicted molar refractivity (Wildman–Crippen MR) is 76.5 cm³/mol. The van der Waals surface area contributed by atoms with Gasteiger partial charge in [-0.05, 0) is 49.7 Å². The topological polar surface area (TPSA) is 47.3 Å². The normalized spacial score (nSPS) is 10.1. The fourth-order valence-electron chi connectivity index (χ4n) is 1.75. The van der Waals surface area contributed by atoms with Gasteiger partial charge in [-0.25, -0.2) is 0 Å². The molecule has 94 valence electrons. The molecule has 0 spiro atoms.